The molecule has 23 heavy (non-hydrogen) atoms. The van der Waals surface area contributed by atoms with Crippen LogP contribution >= 0.6 is 0 Å². The molecule has 1 saturated heterocycles. The molecular weight excluding hydrogens is 292 g/mol. The number of rotatable bonds is 6. The number of amides is 1. The maximum Gasteiger partial charge on any atom is 0.406 e. The minimum atomic E-state index is -0.358. The van der Waals surface area contributed by atoms with Gasteiger partial charge in [-0.1, -0.05) is 12.1 Å². The van der Waals surface area contributed by atoms with Crippen LogP contribution in [0.4, 0.5) is 4.79 Å². The van der Waals surface area contributed by atoms with Crippen molar-refractivity contribution in [2.24, 2.45) is 5.92 Å². The molecule has 0 unspecified atom stereocenters. The van der Waals surface area contributed by atoms with Gasteiger partial charge in [0.05, 0.1) is 13.2 Å². The molecule has 0 radical (unpaired) electrons. The Kier molecular flexibility index (Phi) is 5.39. The van der Waals surface area contributed by atoms with Crippen LogP contribution in [0, 0.1) is 5.92 Å². The summed E-state index contributed by atoms with van der Waals surface area (Å²) >= 11 is 0. The number of benzene rings is 1. The second-order valence-corrected chi connectivity index (χ2v) is 6.58. The lowest BCUT2D eigenvalue weighted by atomic mass is 9.82. The van der Waals surface area contributed by atoms with Gasteiger partial charge in [0.2, 0.25) is 0 Å². The molecule has 5 heteroatoms. The predicted molar refractivity (Wildman–Crippen MR) is 88.5 cm³/mol. The van der Waals surface area contributed by atoms with Crippen molar-refractivity contribution in [3.63, 3.8) is 0 Å². The smallest absolute Gasteiger partial charge is 0.406 e. The zero-order valence-corrected chi connectivity index (χ0v) is 13.8. The highest BCUT2D eigenvalue weighted by Gasteiger charge is 2.31. The molecule has 2 fully saturated rings. The second-order valence-electron chi connectivity index (χ2n) is 6.58. The van der Waals surface area contributed by atoms with Crippen molar-refractivity contribution in [2.75, 3.05) is 26.7 Å². The molecule has 0 bridgehead atoms. The van der Waals surface area contributed by atoms with Crippen LogP contribution < -0.4 is 10.1 Å². The Morgan fingerprint density at radius 3 is 2.57 bits per heavy atom. The average molecular weight is 318 g/mol. The van der Waals surface area contributed by atoms with Crippen LogP contribution in [0.3, 0.4) is 0 Å². The maximum atomic E-state index is 11.0. The number of hydrogen-bond acceptors (Lipinski definition) is 4. The third-order valence-electron chi connectivity index (χ3n) is 4.74. The molecule has 3 rings (SSSR count). The van der Waals surface area contributed by atoms with Gasteiger partial charge in [0.1, 0.15) is 5.75 Å². The zero-order valence-electron chi connectivity index (χ0n) is 13.8. The van der Waals surface area contributed by atoms with Crippen LogP contribution in [-0.4, -0.2) is 43.8 Å². The van der Waals surface area contributed by atoms with Crippen LogP contribution in [0.2, 0.25) is 0 Å². The highest BCUT2D eigenvalue weighted by molar-refractivity contribution is 5.66. The molecule has 1 heterocycles. The number of nitrogens with one attached hydrogen (secondary N) is 1. The third kappa shape index (κ3) is 4.61. The second kappa shape index (κ2) is 7.68. The predicted octanol–water partition coefficient (Wildman–Crippen LogP) is 2.80. The van der Waals surface area contributed by atoms with E-state index in [1.54, 1.807) is 0 Å². The van der Waals surface area contributed by atoms with Gasteiger partial charge >= 0.3 is 6.09 Å². The van der Waals surface area contributed by atoms with E-state index in [1.807, 2.05) is 0 Å². The van der Waals surface area contributed by atoms with Crippen LogP contribution in [-0.2, 0) is 11.3 Å². The number of likely N-dealkylation sites (tertiary alicyclic amines) is 1. The molecule has 0 atom stereocenters. The number of carbonyl (C=O) groups is 1. The molecule has 1 aromatic rings. The summed E-state index contributed by atoms with van der Waals surface area (Å²) in [6.07, 6.45) is 4.54. The summed E-state index contributed by atoms with van der Waals surface area (Å²) < 4.78 is 10.5. The molecule has 2 aliphatic rings. The average Bonchev–Trinajstić information content (AvgIpc) is 3.03. The number of methoxy groups -OCH3 is 1. The Labute approximate surface area is 137 Å². The molecule has 5 nitrogen and oxygen atoms in total. The van der Waals surface area contributed by atoms with Crippen molar-refractivity contribution in [3.05, 3.63) is 29.8 Å². The Balaban J connectivity index is 1.37. The van der Waals surface area contributed by atoms with E-state index < -0.39 is 0 Å². The minimum absolute atomic E-state index is 0.267. The first-order valence-corrected chi connectivity index (χ1v) is 8.52. The summed E-state index contributed by atoms with van der Waals surface area (Å²) in [7, 11) is 1.38. The van der Waals surface area contributed by atoms with E-state index in [2.05, 4.69) is 39.2 Å². The standard InChI is InChI=1S/C18H26N2O3/c1-22-18(21)19-12-15-10-17(11-15)23-16-6-4-14(5-7-16)13-20-8-2-3-9-20/h4-7,15,17H,2-3,8-13H2,1H3,(H,19,21). The van der Waals surface area contributed by atoms with Crippen LogP contribution in [0.1, 0.15) is 31.2 Å². The van der Waals surface area contributed by atoms with Crippen molar-refractivity contribution >= 4 is 6.09 Å². The lowest BCUT2D eigenvalue weighted by Crippen LogP contribution is -2.41. The van der Waals surface area contributed by atoms with Crippen molar-refractivity contribution < 1.29 is 14.3 Å². The first-order chi connectivity index (χ1) is 11.2. The largest absolute Gasteiger partial charge is 0.490 e. The molecule has 1 aliphatic heterocycles. The van der Waals surface area contributed by atoms with Gasteiger partial charge in [-0.05, 0) is 62.4 Å². The van der Waals surface area contributed by atoms with Gasteiger partial charge in [0.25, 0.3) is 0 Å². The van der Waals surface area contributed by atoms with Crippen molar-refractivity contribution in [3.8, 4) is 5.75 Å². The molecule has 1 amide bonds. The summed E-state index contributed by atoms with van der Waals surface area (Å²) in [6, 6.07) is 8.49. The summed E-state index contributed by atoms with van der Waals surface area (Å²) in [5.41, 5.74) is 1.35. The molecule has 1 aromatic carbocycles. The van der Waals surface area contributed by atoms with Crippen molar-refractivity contribution in [1.29, 1.82) is 0 Å². The van der Waals surface area contributed by atoms with Crippen LogP contribution in [0.5, 0.6) is 5.75 Å². The first-order valence-electron chi connectivity index (χ1n) is 8.52. The highest BCUT2D eigenvalue weighted by Crippen LogP contribution is 2.31. The molecule has 1 saturated carbocycles. The van der Waals surface area contributed by atoms with E-state index in [4.69, 9.17) is 4.74 Å². The summed E-state index contributed by atoms with van der Waals surface area (Å²) in [6.45, 7) is 4.16. The van der Waals surface area contributed by atoms with Gasteiger partial charge in [0, 0.05) is 13.1 Å². The topological polar surface area (TPSA) is 50.8 Å². The number of alkyl carbamates (subject to hydrolysis) is 1. The molecule has 0 spiro atoms. The van der Waals surface area contributed by atoms with Crippen molar-refractivity contribution in [2.45, 2.75) is 38.3 Å². The lowest BCUT2D eigenvalue weighted by Gasteiger charge is -2.35. The quantitative estimate of drug-likeness (QED) is 0.876. The summed E-state index contributed by atoms with van der Waals surface area (Å²) in [4.78, 5) is 13.5. The van der Waals surface area contributed by atoms with Gasteiger partial charge < -0.3 is 14.8 Å². The molecule has 1 N–H and O–H groups in total. The lowest BCUT2D eigenvalue weighted by molar-refractivity contribution is 0.0638. The Morgan fingerprint density at radius 2 is 1.91 bits per heavy atom. The van der Waals surface area contributed by atoms with E-state index in [1.165, 1.54) is 38.6 Å². The Hall–Kier alpha value is -1.75. The molecule has 1 aliphatic carbocycles. The molecular formula is C18H26N2O3. The Morgan fingerprint density at radius 1 is 1.22 bits per heavy atom. The fraction of sp³-hybridized carbons (Fsp3) is 0.611. The van der Waals surface area contributed by atoms with E-state index >= 15 is 0 Å². The van der Waals surface area contributed by atoms with Crippen LogP contribution in [0.15, 0.2) is 24.3 Å². The third-order valence-corrected chi connectivity index (χ3v) is 4.74. The normalized spacial score (nSPS) is 24.0. The van der Waals surface area contributed by atoms with Gasteiger partial charge in [-0.25, -0.2) is 4.79 Å². The van der Waals surface area contributed by atoms with E-state index in [0.717, 1.165) is 25.1 Å². The fourth-order valence-corrected chi connectivity index (χ4v) is 3.30. The zero-order chi connectivity index (χ0) is 16.1. The number of hydrogen-bond donors (Lipinski definition) is 1. The van der Waals surface area contributed by atoms with E-state index in [0.29, 0.717) is 12.5 Å². The number of carbonyl (C=O) groups excluding carboxylic acids is 1. The summed E-state index contributed by atoms with van der Waals surface area (Å²) in [5.74, 6) is 1.44. The van der Waals surface area contributed by atoms with Crippen molar-refractivity contribution in [1.82, 2.24) is 10.2 Å². The van der Waals surface area contributed by atoms with Gasteiger partial charge in [0.15, 0.2) is 0 Å². The molecule has 0 aromatic heterocycles. The highest BCUT2D eigenvalue weighted by atomic mass is 16.5. The fourth-order valence-electron chi connectivity index (χ4n) is 3.30. The van der Waals surface area contributed by atoms with Gasteiger partial charge in [-0.3, -0.25) is 4.90 Å². The molecule has 126 valence electrons. The maximum absolute atomic E-state index is 11.0. The van der Waals surface area contributed by atoms with E-state index in [-0.39, 0.29) is 12.2 Å². The monoisotopic (exact) mass is 318 g/mol. The van der Waals surface area contributed by atoms with Gasteiger partial charge in [-0.2, -0.15) is 0 Å². The minimum Gasteiger partial charge on any atom is -0.490 e. The summed E-state index contributed by atoms with van der Waals surface area (Å²) in [5, 5.41) is 2.74. The first kappa shape index (κ1) is 16.1. The van der Waals surface area contributed by atoms with E-state index in [9.17, 15) is 4.79 Å². The Bertz CT molecular complexity index is 506. The van der Waals surface area contributed by atoms with Gasteiger partial charge in [-0.15, -0.1) is 0 Å². The van der Waals surface area contributed by atoms with Crippen LogP contribution in [0.25, 0.3) is 0 Å². The number of ether oxygens (including phenoxy) is 2. The SMILES string of the molecule is COC(=O)NCC1CC(Oc2ccc(CN3CCCC3)cc2)C1. The number of nitrogens with zero attached hydrogens (tertiary/aromatic N) is 1.